The molecule has 2 amide bonds. The number of carbonyl (C=O) groups is 2. The number of H-pyrrole nitrogens is 2. The second kappa shape index (κ2) is 8.17. The van der Waals surface area contributed by atoms with Crippen molar-refractivity contribution >= 4 is 23.2 Å². The second-order valence-electron chi connectivity index (χ2n) is 5.97. The molecular formula is C20H18N4O4. The first-order chi connectivity index (χ1) is 13.5. The fourth-order valence-corrected chi connectivity index (χ4v) is 2.71. The Morgan fingerprint density at radius 1 is 0.857 bits per heavy atom. The first-order valence-corrected chi connectivity index (χ1v) is 8.61. The van der Waals surface area contributed by atoms with Gasteiger partial charge >= 0.3 is 5.69 Å². The van der Waals surface area contributed by atoms with Crippen molar-refractivity contribution in [2.45, 2.75) is 13.3 Å². The van der Waals surface area contributed by atoms with Gasteiger partial charge in [0.15, 0.2) is 0 Å². The number of aromatic amines is 2. The van der Waals surface area contributed by atoms with Crippen molar-refractivity contribution in [2.75, 3.05) is 10.6 Å². The molecule has 0 saturated carbocycles. The number of hydrogen-bond donors (Lipinski definition) is 4. The second-order valence-corrected chi connectivity index (χ2v) is 5.97. The highest BCUT2D eigenvalue weighted by Crippen LogP contribution is 2.20. The van der Waals surface area contributed by atoms with E-state index in [1.807, 2.05) is 30.1 Å². The van der Waals surface area contributed by atoms with E-state index in [9.17, 15) is 19.2 Å². The Bertz CT molecular complexity index is 1120. The van der Waals surface area contributed by atoms with Crippen LogP contribution in [0.4, 0.5) is 11.4 Å². The van der Waals surface area contributed by atoms with Gasteiger partial charge in [0.1, 0.15) is 5.69 Å². The van der Waals surface area contributed by atoms with E-state index < -0.39 is 23.1 Å². The zero-order valence-corrected chi connectivity index (χ0v) is 15.0. The van der Waals surface area contributed by atoms with Crippen molar-refractivity contribution in [1.29, 1.82) is 0 Å². The van der Waals surface area contributed by atoms with Crippen LogP contribution in [0.25, 0.3) is 0 Å². The fraction of sp³-hybridized carbons (Fsp3) is 0.100. The maximum Gasteiger partial charge on any atom is 0.326 e. The molecule has 3 aromatic rings. The molecule has 2 aromatic carbocycles. The predicted octanol–water partition coefficient (Wildman–Crippen LogP) is 2.13. The lowest BCUT2D eigenvalue weighted by Gasteiger charge is -2.13. The van der Waals surface area contributed by atoms with Gasteiger partial charge in [-0.25, -0.2) is 4.79 Å². The van der Waals surface area contributed by atoms with E-state index in [0.717, 1.165) is 18.1 Å². The van der Waals surface area contributed by atoms with Gasteiger partial charge in [-0.3, -0.25) is 19.4 Å². The van der Waals surface area contributed by atoms with Crippen molar-refractivity contribution in [3.8, 4) is 0 Å². The van der Waals surface area contributed by atoms with Crippen LogP contribution in [0, 0.1) is 0 Å². The molecule has 1 heterocycles. The van der Waals surface area contributed by atoms with Crippen molar-refractivity contribution in [3.63, 3.8) is 0 Å². The van der Waals surface area contributed by atoms with E-state index in [0.29, 0.717) is 5.69 Å². The van der Waals surface area contributed by atoms with E-state index in [1.54, 1.807) is 30.3 Å². The monoisotopic (exact) mass is 378 g/mol. The maximum absolute atomic E-state index is 12.8. The summed E-state index contributed by atoms with van der Waals surface area (Å²) in [5.74, 6) is -1.10. The lowest BCUT2D eigenvalue weighted by Crippen LogP contribution is -2.27. The van der Waals surface area contributed by atoms with E-state index in [2.05, 4.69) is 15.6 Å². The standard InChI is InChI=1S/C20H18N4O4/c1-2-12-7-3-5-9-14(12)21-18(26)13-8-4-6-10-15(13)22-19(27)16-11-17(25)24-20(28)23-16/h3-11H,2H2,1H3,(H,21,26)(H,22,27)(H2,23,24,25,28). The molecular weight excluding hydrogens is 360 g/mol. The zero-order valence-electron chi connectivity index (χ0n) is 15.0. The van der Waals surface area contributed by atoms with Gasteiger partial charge in [0.05, 0.1) is 11.3 Å². The molecule has 0 spiro atoms. The summed E-state index contributed by atoms with van der Waals surface area (Å²) in [6, 6.07) is 14.9. The SMILES string of the molecule is CCc1ccccc1NC(=O)c1ccccc1NC(=O)c1cc(=O)[nH]c(=O)[nH]1. The molecule has 0 aliphatic carbocycles. The first kappa shape index (κ1) is 18.8. The number of aromatic nitrogens is 2. The Hall–Kier alpha value is -3.94. The summed E-state index contributed by atoms with van der Waals surface area (Å²) in [5, 5.41) is 5.40. The molecule has 0 bridgehead atoms. The summed E-state index contributed by atoms with van der Waals surface area (Å²) in [5.41, 5.74) is 0.471. The van der Waals surface area contributed by atoms with Crippen LogP contribution in [-0.4, -0.2) is 21.8 Å². The molecule has 142 valence electrons. The van der Waals surface area contributed by atoms with Crippen molar-refractivity contribution in [3.05, 3.63) is 92.3 Å². The Morgan fingerprint density at radius 2 is 1.50 bits per heavy atom. The quantitative estimate of drug-likeness (QED) is 0.543. The molecule has 1 aromatic heterocycles. The van der Waals surface area contributed by atoms with Crippen molar-refractivity contribution in [1.82, 2.24) is 9.97 Å². The predicted molar refractivity (Wildman–Crippen MR) is 106 cm³/mol. The van der Waals surface area contributed by atoms with Gasteiger partial charge in [-0.2, -0.15) is 0 Å². The number of rotatable bonds is 5. The summed E-state index contributed by atoms with van der Waals surface area (Å²) >= 11 is 0. The smallest absolute Gasteiger partial charge is 0.322 e. The lowest BCUT2D eigenvalue weighted by atomic mass is 10.1. The number of anilines is 2. The van der Waals surface area contributed by atoms with Crippen LogP contribution in [0.5, 0.6) is 0 Å². The van der Waals surface area contributed by atoms with Gasteiger partial charge in [-0.05, 0) is 30.2 Å². The van der Waals surface area contributed by atoms with Gasteiger partial charge in [0, 0.05) is 11.8 Å². The topological polar surface area (TPSA) is 124 Å². The Balaban J connectivity index is 1.86. The van der Waals surface area contributed by atoms with Crippen molar-refractivity contribution < 1.29 is 9.59 Å². The Morgan fingerprint density at radius 3 is 2.21 bits per heavy atom. The third kappa shape index (κ3) is 4.24. The zero-order chi connectivity index (χ0) is 20.1. The van der Waals surface area contributed by atoms with Crippen LogP contribution in [0.15, 0.2) is 64.2 Å². The number of para-hydroxylation sites is 2. The molecule has 8 nitrogen and oxygen atoms in total. The number of benzene rings is 2. The molecule has 8 heteroatoms. The molecule has 0 unspecified atom stereocenters. The minimum Gasteiger partial charge on any atom is -0.322 e. The summed E-state index contributed by atoms with van der Waals surface area (Å²) < 4.78 is 0. The van der Waals surface area contributed by atoms with Gasteiger partial charge in [-0.1, -0.05) is 37.3 Å². The molecule has 0 saturated heterocycles. The van der Waals surface area contributed by atoms with E-state index in [4.69, 9.17) is 0 Å². The average Bonchev–Trinajstić information content (AvgIpc) is 2.68. The van der Waals surface area contributed by atoms with E-state index in [-0.39, 0.29) is 16.9 Å². The molecule has 0 atom stereocenters. The molecule has 3 rings (SSSR count). The van der Waals surface area contributed by atoms with Crippen LogP contribution < -0.4 is 21.9 Å². The number of aryl methyl sites for hydroxylation is 1. The highest BCUT2D eigenvalue weighted by molar-refractivity contribution is 6.12. The van der Waals surface area contributed by atoms with Crippen LogP contribution in [0.3, 0.4) is 0 Å². The first-order valence-electron chi connectivity index (χ1n) is 8.61. The van der Waals surface area contributed by atoms with Gasteiger partial charge in [0.25, 0.3) is 17.4 Å². The van der Waals surface area contributed by atoms with Crippen LogP contribution in [0.1, 0.15) is 33.3 Å². The molecule has 0 radical (unpaired) electrons. The molecule has 0 aliphatic rings. The van der Waals surface area contributed by atoms with Crippen molar-refractivity contribution in [2.24, 2.45) is 0 Å². The highest BCUT2D eigenvalue weighted by Gasteiger charge is 2.16. The summed E-state index contributed by atoms with van der Waals surface area (Å²) in [7, 11) is 0. The largest absolute Gasteiger partial charge is 0.326 e. The molecule has 0 fully saturated rings. The van der Waals surface area contributed by atoms with Gasteiger partial charge < -0.3 is 15.6 Å². The molecule has 0 aliphatic heterocycles. The van der Waals surface area contributed by atoms with E-state index in [1.165, 1.54) is 0 Å². The number of hydrogen-bond acceptors (Lipinski definition) is 4. The summed E-state index contributed by atoms with van der Waals surface area (Å²) in [6.45, 7) is 1.99. The third-order valence-electron chi connectivity index (χ3n) is 4.07. The van der Waals surface area contributed by atoms with Gasteiger partial charge in [0.2, 0.25) is 0 Å². The van der Waals surface area contributed by atoms with Crippen LogP contribution in [0.2, 0.25) is 0 Å². The molecule has 4 N–H and O–H groups in total. The molecule has 28 heavy (non-hydrogen) atoms. The van der Waals surface area contributed by atoms with Crippen LogP contribution >= 0.6 is 0 Å². The lowest BCUT2D eigenvalue weighted by molar-refractivity contribution is 0.102. The minimum atomic E-state index is -0.792. The average molecular weight is 378 g/mol. The van der Waals surface area contributed by atoms with Crippen LogP contribution in [-0.2, 0) is 6.42 Å². The maximum atomic E-state index is 12.8. The van der Waals surface area contributed by atoms with Gasteiger partial charge in [-0.15, -0.1) is 0 Å². The highest BCUT2D eigenvalue weighted by atomic mass is 16.2. The summed E-state index contributed by atoms with van der Waals surface area (Å²) in [4.78, 5) is 52.1. The van der Waals surface area contributed by atoms with E-state index >= 15 is 0 Å². The number of carbonyl (C=O) groups excluding carboxylic acids is 2. The Labute approximate surface area is 159 Å². The number of amides is 2. The minimum absolute atomic E-state index is 0.208. The summed E-state index contributed by atoms with van der Waals surface area (Å²) in [6.07, 6.45) is 0.755. The fourth-order valence-electron chi connectivity index (χ4n) is 2.71. The number of nitrogens with one attached hydrogen (secondary N) is 4. The third-order valence-corrected chi connectivity index (χ3v) is 4.07. The normalized spacial score (nSPS) is 10.3. The Kier molecular flexibility index (Phi) is 5.50.